The van der Waals surface area contributed by atoms with E-state index in [9.17, 15) is 9.59 Å². The Kier molecular flexibility index (Phi) is 2.64. The monoisotopic (exact) mass is 220 g/mol. The van der Waals surface area contributed by atoms with Gasteiger partial charge in [-0.05, 0) is 18.6 Å². The molecule has 0 saturated carbocycles. The van der Waals surface area contributed by atoms with Gasteiger partial charge in [-0.15, -0.1) is 0 Å². The highest BCUT2D eigenvalue weighted by atomic mass is 16.6. The molecule has 1 aliphatic heterocycles. The number of esters is 2. The molecule has 1 unspecified atom stereocenters. The van der Waals surface area contributed by atoms with E-state index in [2.05, 4.69) is 4.74 Å². The van der Waals surface area contributed by atoms with Gasteiger partial charge in [-0.1, -0.05) is 12.1 Å². The fourth-order valence-electron chi connectivity index (χ4n) is 1.82. The molecule has 2 rings (SSSR count). The predicted molar refractivity (Wildman–Crippen MR) is 56.2 cm³/mol. The molecule has 16 heavy (non-hydrogen) atoms. The highest BCUT2D eigenvalue weighted by Gasteiger charge is 2.36. The van der Waals surface area contributed by atoms with Crippen LogP contribution in [0.3, 0.4) is 0 Å². The van der Waals surface area contributed by atoms with Crippen molar-refractivity contribution in [2.24, 2.45) is 0 Å². The third kappa shape index (κ3) is 1.78. The molecule has 1 fully saturated rings. The zero-order chi connectivity index (χ0) is 11.7. The van der Waals surface area contributed by atoms with Gasteiger partial charge in [-0.3, -0.25) is 9.59 Å². The van der Waals surface area contributed by atoms with E-state index >= 15 is 0 Å². The minimum Gasteiger partial charge on any atom is -0.496 e. The second-order valence-corrected chi connectivity index (χ2v) is 3.80. The van der Waals surface area contributed by atoms with Gasteiger partial charge in [0, 0.05) is 5.56 Å². The van der Waals surface area contributed by atoms with Gasteiger partial charge in [-0.2, -0.15) is 0 Å². The van der Waals surface area contributed by atoms with Crippen LogP contribution in [0.4, 0.5) is 0 Å². The smallest absolute Gasteiger partial charge is 0.321 e. The van der Waals surface area contributed by atoms with E-state index in [0.717, 1.165) is 5.56 Å². The lowest BCUT2D eigenvalue weighted by Gasteiger charge is -2.11. The molecular formula is C12H12O4. The van der Waals surface area contributed by atoms with E-state index in [4.69, 9.17) is 4.74 Å². The first-order valence-corrected chi connectivity index (χ1v) is 5.01. The number of cyclic esters (lactones) is 2. The Hall–Kier alpha value is -1.84. The summed E-state index contributed by atoms with van der Waals surface area (Å²) in [7, 11) is 1.54. The van der Waals surface area contributed by atoms with Crippen molar-refractivity contribution in [2.75, 3.05) is 7.11 Å². The van der Waals surface area contributed by atoms with Gasteiger partial charge in [0.05, 0.1) is 19.4 Å². The summed E-state index contributed by atoms with van der Waals surface area (Å²) in [4.78, 5) is 22.5. The van der Waals surface area contributed by atoms with Gasteiger partial charge in [0.1, 0.15) is 5.75 Å². The maximum atomic E-state index is 11.4. The fraction of sp³-hybridized carbons (Fsp3) is 0.333. The lowest BCUT2D eigenvalue weighted by molar-refractivity contribution is -0.152. The third-order valence-electron chi connectivity index (χ3n) is 2.63. The molecule has 4 heteroatoms. The summed E-state index contributed by atoms with van der Waals surface area (Å²) in [5.74, 6) is -0.871. The summed E-state index contributed by atoms with van der Waals surface area (Å²) in [6.07, 6.45) is 0.0955. The van der Waals surface area contributed by atoms with E-state index in [-0.39, 0.29) is 6.42 Å². The Bertz CT molecular complexity index is 450. The van der Waals surface area contributed by atoms with Crippen molar-refractivity contribution in [3.05, 3.63) is 29.3 Å². The molecule has 1 aromatic carbocycles. The first kappa shape index (κ1) is 10.7. The highest BCUT2D eigenvalue weighted by Crippen LogP contribution is 2.34. The molecule has 1 heterocycles. The summed E-state index contributed by atoms with van der Waals surface area (Å²) < 4.78 is 9.73. The molecule has 1 saturated heterocycles. The van der Waals surface area contributed by atoms with Crippen LogP contribution in [-0.2, 0) is 14.3 Å². The van der Waals surface area contributed by atoms with Crippen LogP contribution < -0.4 is 4.74 Å². The van der Waals surface area contributed by atoms with Crippen LogP contribution in [0, 0.1) is 6.92 Å². The predicted octanol–water partition coefficient (Wildman–Crippen LogP) is 1.56. The molecule has 1 aliphatic rings. The highest BCUT2D eigenvalue weighted by molar-refractivity contribution is 5.98. The van der Waals surface area contributed by atoms with E-state index in [1.807, 2.05) is 19.1 Å². The quantitative estimate of drug-likeness (QED) is 0.560. The van der Waals surface area contributed by atoms with Crippen molar-refractivity contribution < 1.29 is 19.1 Å². The molecule has 0 radical (unpaired) electrons. The Labute approximate surface area is 93.2 Å². The first-order chi connectivity index (χ1) is 7.61. The fourth-order valence-corrected chi connectivity index (χ4v) is 1.82. The van der Waals surface area contributed by atoms with Crippen LogP contribution in [0.1, 0.15) is 23.5 Å². The van der Waals surface area contributed by atoms with Crippen LogP contribution in [0.5, 0.6) is 5.75 Å². The van der Waals surface area contributed by atoms with Crippen molar-refractivity contribution in [1.29, 1.82) is 0 Å². The molecule has 4 nitrogen and oxygen atoms in total. The zero-order valence-corrected chi connectivity index (χ0v) is 9.15. The number of ether oxygens (including phenoxy) is 2. The van der Waals surface area contributed by atoms with Gasteiger partial charge in [-0.25, -0.2) is 0 Å². The molecule has 0 amide bonds. The van der Waals surface area contributed by atoms with Gasteiger partial charge >= 0.3 is 11.9 Å². The summed E-state index contributed by atoms with van der Waals surface area (Å²) in [6.45, 7) is 1.93. The second kappa shape index (κ2) is 3.96. The van der Waals surface area contributed by atoms with Crippen molar-refractivity contribution >= 4 is 11.9 Å². The van der Waals surface area contributed by atoms with Crippen LogP contribution in [-0.4, -0.2) is 19.0 Å². The lowest BCUT2D eigenvalue weighted by atomic mass is 9.96. The van der Waals surface area contributed by atoms with Gasteiger partial charge in [0.15, 0.2) is 0 Å². The minimum absolute atomic E-state index is 0.0955. The van der Waals surface area contributed by atoms with E-state index in [1.54, 1.807) is 13.2 Å². The molecule has 1 atom stereocenters. The average Bonchev–Trinajstić information content (AvgIpc) is 2.57. The number of benzene rings is 1. The molecule has 0 spiro atoms. The molecule has 84 valence electrons. The third-order valence-corrected chi connectivity index (χ3v) is 2.63. The Morgan fingerprint density at radius 1 is 1.38 bits per heavy atom. The van der Waals surface area contributed by atoms with Crippen LogP contribution in [0.25, 0.3) is 0 Å². The Morgan fingerprint density at radius 2 is 2.12 bits per heavy atom. The van der Waals surface area contributed by atoms with Crippen molar-refractivity contribution in [1.82, 2.24) is 0 Å². The van der Waals surface area contributed by atoms with Crippen molar-refractivity contribution in [3.63, 3.8) is 0 Å². The maximum Gasteiger partial charge on any atom is 0.321 e. The molecule has 0 aromatic heterocycles. The van der Waals surface area contributed by atoms with Crippen molar-refractivity contribution in [3.8, 4) is 5.75 Å². The number of methoxy groups -OCH3 is 1. The lowest BCUT2D eigenvalue weighted by Crippen LogP contribution is -2.07. The maximum absolute atomic E-state index is 11.4. The first-order valence-electron chi connectivity index (χ1n) is 5.01. The number of aryl methyl sites for hydroxylation is 1. The summed E-state index contributed by atoms with van der Waals surface area (Å²) in [6, 6.07) is 5.53. The average molecular weight is 220 g/mol. The van der Waals surface area contributed by atoms with Crippen LogP contribution >= 0.6 is 0 Å². The van der Waals surface area contributed by atoms with Crippen LogP contribution in [0.2, 0.25) is 0 Å². The van der Waals surface area contributed by atoms with E-state index < -0.39 is 17.9 Å². The number of rotatable bonds is 2. The number of carbonyl (C=O) groups is 2. The van der Waals surface area contributed by atoms with Gasteiger partial charge in [0.2, 0.25) is 0 Å². The molecule has 0 aliphatic carbocycles. The summed E-state index contributed by atoms with van der Waals surface area (Å²) in [5.41, 5.74) is 1.75. The molecule has 0 bridgehead atoms. The number of hydrogen-bond acceptors (Lipinski definition) is 4. The van der Waals surface area contributed by atoms with Gasteiger partial charge in [0.25, 0.3) is 0 Å². The normalized spacial score (nSPS) is 19.8. The second-order valence-electron chi connectivity index (χ2n) is 3.80. The largest absolute Gasteiger partial charge is 0.496 e. The topological polar surface area (TPSA) is 52.6 Å². The molecule has 0 N–H and O–H groups in total. The summed E-state index contributed by atoms with van der Waals surface area (Å²) in [5, 5.41) is 0. The van der Waals surface area contributed by atoms with Crippen LogP contribution in [0.15, 0.2) is 18.2 Å². The Balaban J connectivity index is 2.40. The zero-order valence-electron chi connectivity index (χ0n) is 9.15. The summed E-state index contributed by atoms with van der Waals surface area (Å²) >= 11 is 0. The standard InChI is InChI=1S/C12H12O4/c1-7-3-4-8(10(5-7)15-2)9-6-11(13)16-12(9)14/h3-5,9H,6H2,1-2H3. The number of carbonyl (C=O) groups excluding carboxylic acids is 2. The number of hydrogen-bond donors (Lipinski definition) is 0. The van der Waals surface area contributed by atoms with Crippen molar-refractivity contribution in [2.45, 2.75) is 19.3 Å². The molecule has 1 aromatic rings. The van der Waals surface area contributed by atoms with E-state index in [1.165, 1.54) is 0 Å². The minimum atomic E-state index is -0.525. The Morgan fingerprint density at radius 3 is 2.69 bits per heavy atom. The molecular weight excluding hydrogens is 208 g/mol. The van der Waals surface area contributed by atoms with E-state index in [0.29, 0.717) is 11.3 Å². The van der Waals surface area contributed by atoms with Gasteiger partial charge < -0.3 is 9.47 Å². The SMILES string of the molecule is COc1cc(C)ccc1C1CC(=O)OC1=O.